The summed E-state index contributed by atoms with van der Waals surface area (Å²) in [5.74, 6) is 0.726. The summed E-state index contributed by atoms with van der Waals surface area (Å²) < 4.78 is 5.39. The average Bonchev–Trinajstić information content (AvgIpc) is 2.23. The van der Waals surface area contributed by atoms with Gasteiger partial charge in [0.25, 0.3) is 0 Å². The van der Waals surface area contributed by atoms with Crippen molar-refractivity contribution in [3.63, 3.8) is 0 Å². The first kappa shape index (κ1) is 9.72. The lowest BCUT2D eigenvalue weighted by Gasteiger charge is -2.24. The third kappa shape index (κ3) is 1.83. The van der Waals surface area contributed by atoms with Crippen molar-refractivity contribution >= 4 is 0 Å². The zero-order valence-electron chi connectivity index (χ0n) is 9.05. The zero-order valence-corrected chi connectivity index (χ0v) is 9.05. The highest BCUT2D eigenvalue weighted by atomic mass is 16.5. The lowest BCUT2D eigenvalue weighted by molar-refractivity contribution is 0.0852. The third-order valence-corrected chi connectivity index (χ3v) is 3.31. The highest BCUT2D eigenvalue weighted by Crippen LogP contribution is 2.30. The molecule has 0 bridgehead atoms. The maximum absolute atomic E-state index is 5.39. The number of hydrogen-bond donors (Lipinski definition) is 0. The van der Waals surface area contributed by atoms with Crippen molar-refractivity contribution in [1.29, 1.82) is 0 Å². The van der Waals surface area contributed by atoms with Gasteiger partial charge in [0.15, 0.2) is 0 Å². The second kappa shape index (κ2) is 4.14. The van der Waals surface area contributed by atoms with Crippen molar-refractivity contribution < 1.29 is 4.74 Å². The average molecular weight is 190 g/mol. The number of rotatable bonds is 1. The molecule has 1 saturated heterocycles. The van der Waals surface area contributed by atoms with Crippen LogP contribution in [0.15, 0.2) is 18.2 Å². The highest BCUT2D eigenvalue weighted by molar-refractivity contribution is 5.35. The van der Waals surface area contributed by atoms with E-state index in [1.165, 1.54) is 29.5 Å². The molecule has 2 rings (SSSR count). The second-order valence-corrected chi connectivity index (χ2v) is 4.18. The number of hydrogen-bond acceptors (Lipinski definition) is 1. The molecule has 0 amide bonds. The molecule has 1 heterocycles. The van der Waals surface area contributed by atoms with Crippen LogP contribution in [0, 0.1) is 13.8 Å². The molecule has 1 heteroatoms. The maximum atomic E-state index is 5.39. The molecule has 0 spiro atoms. The largest absolute Gasteiger partial charge is 0.381 e. The van der Waals surface area contributed by atoms with Gasteiger partial charge in [-0.05, 0) is 49.3 Å². The monoisotopic (exact) mass is 190 g/mol. The predicted octanol–water partition coefficient (Wildman–Crippen LogP) is 3.20. The van der Waals surface area contributed by atoms with E-state index < -0.39 is 0 Å². The summed E-state index contributed by atoms with van der Waals surface area (Å²) in [4.78, 5) is 0. The van der Waals surface area contributed by atoms with E-state index in [2.05, 4.69) is 32.0 Å². The van der Waals surface area contributed by atoms with Crippen LogP contribution >= 0.6 is 0 Å². The minimum absolute atomic E-state index is 0.726. The summed E-state index contributed by atoms with van der Waals surface area (Å²) in [6.45, 7) is 6.29. The topological polar surface area (TPSA) is 9.23 Å². The Bertz CT molecular complexity index is 311. The fourth-order valence-electron chi connectivity index (χ4n) is 2.22. The van der Waals surface area contributed by atoms with Gasteiger partial charge in [0.1, 0.15) is 0 Å². The smallest absolute Gasteiger partial charge is 0.0471 e. The number of benzene rings is 1. The van der Waals surface area contributed by atoms with E-state index >= 15 is 0 Å². The van der Waals surface area contributed by atoms with Crippen LogP contribution in [0.4, 0.5) is 0 Å². The van der Waals surface area contributed by atoms with E-state index in [0.717, 1.165) is 19.1 Å². The Morgan fingerprint density at radius 1 is 1.14 bits per heavy atom. The molecule has 0 atom stereocenters. The van der Waals surface area contributed by atoms with E-state index in [9.17, 15) is 0 Å². The fraction of sp³-hybridized carbons (Fsp3) is 0.538. The van der Waals surface area contributed by atoms with E-state index in [-0.39, 0.29) is 0 Å². The highest BCUT2D eigenvalue weighted by Gasteiger charge is 2.17. The number of aryl methyl sites for hydroxylation is 1. The molecule has 1 fully saturated rings. The normalized spacial score (nSPS) is 18.4. The van der Waals surface area contributed by atoms with Crippen LogP contribution in [0.5, 0.6) is 0 Å². The number of ether oxygens (including phenoxy) is 1. The molecule has 0 aliphatic carbocycles. The van der Waals surface area contributed by atoms with Crippen molar-refractivity contribution in [2.24, 2.45) is 0 Å². The van der Waals surface area contributed by atoms with Gasteiger partial charge in [0.05, 0.1) is 0 Å². The Morgan fingerprint density at radius 3 is 2.57 bits per heavy atom. The molecule has 0 N–H and O–H groups in total. The lowest BCUT2D eigenvalue weighted by atomic mass is 9.87. The van der Waals surface area contributed by atoms with Crippen LogP contribution in [0.1, 0.15) is 35.4 Å². The van der Waals surface area contributed by atoms with Crippen molar-refractivity contribution in [2.45, 2.75) is 32.6 Å². The third-order valence-electron chi connectivity index (χ3n) is 3.31. The summed E-state index contributed by atoms with van der Waals surface area (Å²) >= 11 is 0. The Hall–Kier alpha value is -0.820. The summed E-state index contributed by atoms with van der Waals surface area (Å²) in [7, 11) is 0. The molecule has 1 aliphatic rings. The van der Waals surface area contributed by atoms with Gasteiger partial charge in [-0.25, -0.2) is 0 Å². The molecule has 1 aromatic carbocycles. The quantitative estimate of drug-likeness (QED) is 0.660. The summed E-state index contributed by atoms with van der Waals surface area (Å²) in [5.41, 5.74) is 4.42. The first-order valence-electron chi connectivity index (χ1n) is 5.43. The molecule has 0 saturated carbocycles. The van der Waals surface area contributed by atoms with Crippen LogP contribution in [0.3, 0.4) is 0 Å². The molecule has 1 aromatic rings. The van der Waals surface area contributed by atoms with Gasteiger partial charge in [-0.15, -0.1) is 0 Å². The van der Waals surface area contributed by atoms with Crippen LogP contribution < -0.4 is 0 Å². The SMILES string of the molecule is Cc1cccc(C2CCOCC2)c1C. The molecule has 76 valence electrons. The van der Waals surface area contributed by atoms with Crippen molar-refractivity contribution in [1.82, 2.24) is 0 Å². The van der Waals surface area contributed by atoms with Gasteiger partial charge in [0.2, 0.25) is 0 Å². The molecule has 0 radical (unpaired) electrons. The van der Waals surface area contributed by atoms with Gasteiger partial charge in [-0.1, -0.05) is 18.2 Å². The molecular weight excluding hydrogens is 172 g/mol. The van der Waals surface area contributed by atoms with Gasteiger partial charge in [-0.2, -0.15) is 0 Å². The Morgan fingerprint density at radius 2 is 1.86 bits per heavy atom. The molecule has 0 aromatic heterocycles. The minimum atomic E-state index is 0.726. The molecular formula is C13H18O. The molecule has 1 aliphatic heterocycles. The minimum Gasteiger partial charge on any atom is -0.381 e. The summed E-state index contributed by atoms with van der Waals surface area (Å²) in [5, 5.41) is 0. The van der Waals surface area contributed by atoms with Crippen LogP contribution in [-0.2, 0) is 4.74 Å². The first-order chi connectivity index (χ1) is 6.79. The maximum Gasteiger partial charge on any atom is 0.0471 e. The Labute approximate surface area is 86.1 Å². The van der Waals surface area contributed by atoms with Crippen LogP contribution in [0.2, 0.25) is 0 Å². The van der Waals surface area contributed by atoms with Gasteiger partial charge in [-0.3, -0.25) is 0 Å². The van der Waals surface area contributed by atoms with Crippen LogP contribution in [-0.4, -0.2) is 13.2 Å². The second-order valence-electron chi connectivity index (χ2n) is 4.18. The summed E-state index contributed by atoms with van der Waals surface area (Å²) in [6.07, 6.45) is 2.37. The summed E-state index contributed by atoms with van der Waals surface area (Å²) in [6, 6.07) is 6.64. The van der Waals surface area contributed by atoms with Crippen molar-refractivity contribution in [3.05, 3.63) is 34.9 Å². The van der Waals surface area contributed by atoms with Crippen molar-refractivity contribution in [3.8, 4) is 0 Å². The Kier molecular flexibility index (Phi) is 2.87. The zero-order chi connectivity index (χ0) is 9.97. The lowest BCUT2D eigenvalue weighted by Crippen LogP contribution is -2.15. The van der Waals surface area contributed by atoms with Gasteiger partial charge < -0.3 is 4.74 Å². The molecule has 1 nitrogen and oxygen atoms in total. The van der Waals surface area contributed by atoms with Crippen LogP contribution in [0.25, 0.3) is 0 Å². The standard InChI is InChI=1S/C13H18O/c1-10-4-3-5-13(11(10)2)12-6-8-14-9-7-12/h3-5,12H,6-9H2,1-2H3. The molecule has 0 unspecified atom stereocenters. The Balaban J connectivity index is 2.26. The van der Waals surface area contributed by atoms with Gasteiger partial charge in [0, 0.05) is 13.2 Å². The van der Waals surface area contributed by atoms with E-state index in [4.69, 9.17) is 4.74 Å². The van der Waals surface area contributed by atoms with E-state index in [1.54, 1.807) is 0 Å². The van der Waals surface area contributed by atoms with Crippen molar-refractivity contribution in [2.75, 3.05) is 13.2 Å². The predicted molar refractivity (Wildman–Crippen MR) is 58.7 cm³/mol. The fourth-order valence-corrected chi connectivity index (χ4v) is 2.22. The molecule has 14 heavy (non-hydrogen) atoms. The first-order valence-corrected chi connectivity index (χ1v) is 5.43. The van der Waals surface area contributed by atoms with E-state index in [1.807, 2.05) is 0 Å². The van der Waals surface area contributed by atoms with Gasteiger partial charge >= 0.3 is 0 Å². The van der Waals surface area contributed by atoms with E-state index in [0.29, 0.717) is 0 Å².